The van der Waals surface area contributed by atoms with Crippen molar-refractivity contribution in [1.29, 1.82) is 0 Å². The molecule has 0 saturated carbocycles. The molecule has 0 aromatic carbocycles. The molecule has 0 radical (unpaired) electrons. The second-order valence-corrected chi connectivity index (χ2v) is 3.60. The van der Waals surface area contributed by atoms with Gasteiger partial charge < -0.3 is 24.9 Å². The van der Waals surface area contributed by atoms with E-state index in [2.05, 4.69) is 15.0 Å². The Morgan fingerprint density at radius 2 is 2.35 bits per heavy atom. The highest BCUT2D eigenvalue weighted by Gasteiger charge is 2.12. The lowest BCUT2D eigenvalue weighted by molar-refractivity contribution is 0.0598. The van der Waals surface area contributed by atoms with E-state index in [1.807, 2.05) is 0 Å². The molecule has 0 bridgehead atoms. The predicted octanol–water partition coefficient (Wildman–Crippen LogP) is -0.102. The fourth-order valence-electron chi connectivity index (χ4n) is 1.47. The first-order chi connectivity index (χ1) is 8.19. The SMILES string of the molecule is COCC(O)CNCc1[nH]ccc1C(=O)OC. The van der Waals surface area contributed by atoms with Gasteiger partial charge in [0.15, 0.2) is 0 Å². The summed E-state index contributed by atoms with van der Waals surface area (Å²) >= 11 is 0. The van der Waals surface area contributed by atoms with Crippen molar-refractivity contribution in [2.24, 2.45) is 0 Å². The number of hydrogen-bond donors (Lipinski definition) is 3. The molecule has 6 nitrogen and oxygen atoms in total. The van der Waals surface area contributed by atoms with Gasteiger partial charge in [0.05, 0.1) is 25.4 Å². The van der Waals surface area contributed by atoms with Crippen molar-refractivity contribution in [1.82, 2.24) is 10.3 Å². The van der Waals surface area contributed by atoms with E-state index in [0.717, 1.165) is 5.69 Å². The second-order valence-electron chi connectivity index (χ2n) is 3.60. The third-order valence-corrected chi connectivity index (χ3v) is 2.28. The number of H-pyrrole nitrogens is 1. The number of esters is 1. The first kappa shape index (κ1) is 13.7. The van der Waals surface area contributed by atoms with Gasteiger partial charge in [-0.1, -0.05) is 0 Å². The van der Waals surface area contributed by atoms with Crippen molar-refractivity contribution >= 4 is 5.97 Å². The van der Waals surface area contributed by atoms with Crippen LogP contribution in [0.3, 0.4) is 0 Å². The topological polar surface area (TPSA) is 83.6 Å². The molecular weight excluding hydrogens is 224 g/mol. The molecule has 0 amide bonds. The molecule has 0 spiro atoms. The van der Waals surface area contributed by atoms with E-state index >= 15 is 0 Å². The van der Waals surface area contributed by atoms with Crippen LogP contribution in [0.1, 0.15) is 16.1 Å². The minimum atomic E-state index is -0.559. The Morgan fingerprint density at radius 3 is 3.00 bits per heavy atom. The van der Waals surface area contributed by atoms with Gasteiger partial charge >= 0.3 is 5.97 Å². The summed E-state index contributed by atoms with van der Waals surface area (Å²) in [5.41, 5.74) is 1.24. The lowest BCUT2D eigenvalue weighted by atomic mass is 10.2. The fraction of sp³-hybridized carbons (Fsp3) is 0.545. The molecule has 0 aliphatic heterocycles. The summed E-state index contributed by atoms with van der Waals surface area (Å²) < 4.78 is 9.44. The molecule has 1 aromatic heterocycles. The molecule has 96 valence electrons. The van der Waals surface area contributed by atoms with Crippen molar-refractivity contribution in [3.05, 3.63) is 23.5 Å². The maximum atomic E-state index is 11.4. The Morgan fingerprint density at radius 1 is 1.59 bits per heavy atom. The summed E-state index contributed by atoms with van der Waals surface area (Å²) in [7, 11) is 2.87. The van der Waals surface area contributed by atoms with Gasteiger partial charge in [0, 0.05) is 32.1 Å². The lowest BCUT2D eigenvalue weighted by Gasteiger charge is -2.10. The van der Waals surface area contributed by atoms with Gasteiger partial charge in [-0.2, -0.15) is 0 Å². The maximum absolute atomic E-state index is 11.4. The van der Waals surface area contributed by atoms with E-state index in [4.69, 9.17) is 4.74 Å². The molecule has 1 heterocycles. The predicted molar refractivity (Wildman–Crippen MR) is 61.7 cm³/mol. The van der Waals surface area contributed by atoms with E-state index in [0.29, 0.717) is 18.7 Å². The van der Waals surface area contributed by atoms with Crippen LogP contribution >= 0.6 is 0 Å². The Balaban J connectivity index is 2.41. The number of methoxy groups -OCH3 is 2. The number of hydrogen-bond acceptors (Lipinski definition) is 5. The number of ether oxygens (including phenoxy) is 2. The Hall–Kier alpha value is -1.37. The zero-order valence-corrected chi connectivity index (χ0v) is 10.0. The summed E-state index contributed by atoms with van der Waals surface area (Å²) in [5.74, 6) is -0.375. The van der Waals surface area contributed by atoms with Crippen LogP contribution in [-0.2, 0) is 16.0 Å². The van der Waals surface area contributed by atoms with Crippen molar-refractivity contribution in [3.63, 3.8) is 0 Å². The molecule has 1 unspecified atom stereocenters. The van der Waals surface area contributed by atoms with Gasteiger partial charge in [-0.3, -0.25) is 0 Å². The van der Waals surface area contributed by atoms with Crippen LogP contribution in [0.4, 0.5) is 0 Å². The van der Waals surface area contributed by atoms with E-state index in [9.17, 15) is 9.90 Å². The van der Waals surface area contributed by atoms with Crippen molar-refractivity contribution in [2.75, 3.05) is 27.4 Å². The molecule has 1 aromatic rings. The summed E-state index contributed by atoms with van der Waals surface area (Å²) in [6.45, 7) is 1.13. The first-order valence-corrected chi connectivity index (χ1v) is 5.31. The van der Waals surface area contributed by atoms with E-state index in [1.165, 1.54) is 14.2 Å². The zero-order chi connectivity index (χ0) is 12.7. The van der Waals surface area contributed by atoms with Crippen molar-refractivity contribution in [2.45, 2.75) is 12.6 Å². The molecule has 3 N–H and O–H groups in total. The summed E-state index contributed by atoms with van der Waals surface area (Å²) in [5, 5.41) is 12.4. The number of carbonyl (C=O) groups is 1. The monoisotopic (exact) mass is 242 g/mol. The van der Waals surface area contributed by atoms with E-state index in [1.54, 1.807) is 12.3 Å². The van der Waals surface area contributed by atoms with Gasteiger partial charge in [-0.15, -0.1) is 0 Å². The average molecular weight is 242 g/mol. The number of aliphatic hydroxyl groups excluding tert-OH is 1. The molecule has 1 rings (SSSR count). The number of aromatic nitrogens is 1. The highest BCUT2D eigenvalue weighted by Crippen LogP contribution is 2.07. The molecule has 17 heavy (non-hydrogen) atoms. The molecular formula is C11H18N2O4. The quantitative estimate of drug-likeness (QED) is 0.581. The molecule has 6 heteroatoms. The molecule has 0 aliphatic rings. The largest absolute Gasteiger partial charge is 0.465 e. The Kier molecular flexibility index (Phi) is 5.68. The van der Waals surface area contributed by atoms with Crippen LogP contribution in [-0.4, -0.2) is 49.5 Å². The average Bonchev–Trinajstić information content (AvgIpc) is 2.77. The number of nitrogens with one attached hydrogen (secondary N) is 2. The third-order valence-electron chi connectivity index (χ3n) is 2.28. The van der Waals surface area contributed by atoms with Crippen LogP contribution in [0, 0.1) is 0 Å². The van der Waals surface area contributed by atoms with E-state index < -0.39 is 6.10 Å². The minimum Gasteiger partial charge on any atom is -0.465 e. The Labute approximate surface area is 99.9 Å². The van der Waals surface area contributed by atoms with Crippen LogP contribution in [0.5, 0.6) is 0 Å². The smallest absolute Gasteiger partial charge is 0.339 e. The number of aromatic amines is 1. The van der Waals surface area contributed by atoms with Crippen LogP contribution in [0.25, 0.3) is 0 Å². The number of carbonyl (C=O) groups excluding carboxylic acids is 1. The minimum absolute atomic E-state index is 0.279. The number of rotatable bonds is 7. The normalized spacial score (nSPS) is 12.4. The van der Waals surface area contributed by atoms with Crippen molar-refractivity contribution in [3.8, 4) is 0 Å². The van der Waals surface area contributed by atoms with Gasteiger partial charge in [-0.05, 0) is 6.07 Å². The molecule has 0 saturated heterocycles. The highest BCUT2D eigenvalue weighted by molar-refractivity contribution is 5.90. The van der Waals surface area contributed by atoms with Crippen molar-refractivity contribution < 1.29 is 19.4 Å². The molecule has 0 aliphatic carbocycles. The standard InChI is InChI=1S/C11H18N2O4/c1-16-7-8(14)5-12-6-10-9(3-4-13-10)11(15)17-2/h3-4,8,12-14H,5-7H2,1-2H3. The Bertz CT molecular complexity index is 351. The first-order valence-electron chi connectivity index (χ1n) is 5.31. The molecule has 0 fully saturated rings. The third kappa shape index (κ3) is 4.18. The van der Waals surface area contributed by atoms with E-state index in [-0.39, 0.29) is 12.6 Å². The summed E-state index contributed by atoms with van der Waals surface area (Å²) in [6, 6.07) is 1.66. The lowest BCUT2D eigenvalue weighted by Crippen LogP contribution is -2.30. The summed E-state index contributed by atoms with van der Waals surface area (Å²) in [4.78, 5) is 14.3. The summed E-state index contributed by atoms with van der Waals surface area (Å²) in [6.07, 6.45) is 1.12. The second kappa shape index (κ2) is 7.05. The zero-order valence-electron chi connectivity index (χ0n) is 10.0. The van der Waals surface area contributed by atoms with Gasteiger partial charge in [0.1, 0.15) is 0 Å². The van der Waals surface area contributed by atoms with Gasteiger partial charge in [-0.25, -0.2) is 4.79 Å². The highest BCUT2D eigenvalue weighted by atomic mass is 16.5. The van der Waals surface area contributed by atoms with Crippen LogP contribution < -0.4 is 5.32 Å². The number of aliphatic hydroxyl groups is 1. The van der Waals surface area contributed by atoms with Crippen LogP contribution in [0.15, 0.2) is 12.3 Å². The fourth-order valence-corrected chi connectivity index (χ4v) is 1.47. The molecule has 1 atom stereocenters. The van der Waals surface area contributed by atoms with Gasteiger partial charge in [0.2, 0.25) is 0 Å². The van der Waals surface area contributed by atoms with Gasteiger partial charge in [0.25, 0.3) is 0 Å². The van der Waals surface area contributed by atoms with Crippen LogP contribution in [0.2, 0.25) is 0 Å². The maximum Gasteiger partial charge on any atom is 0.339 e.